The van der Waals surface area contributed by atoms with Crippen molar-refractivity contribution in [3.05, 3.63) is 90.0 Å². The normalized spacial score (nSPS) is 15.0. The number of sulfonamides is 1. The summed E-state index contributed by atoms with van der Waals surface area (Å²) in [6.45, 7) is 2.49. The second-order valence-electron chi connectivity index (χ2n) is 8.16. The molecule has 166 valence electrons. The minimum absolute atomic E-state index is 0.164. The number of nitrogens with one attached hydrogen (secondary N) is 1. The second-order valence-corrected chi connectivity index (χ2v) is 10.2. The molecule has 1 fully saturated rings. The maximum absolute atomic E-state index is 12.8. The lowest BCUT2D eigenvalue weighted by atomic mass is 10.0. The highest BCUT2D eigenvalue weighted by Crippen LogP contribution is 2.28. The Morgan fingerprint density at radius 3 is 2.52 bits per heavy atom. The van der Waals surface area contributed by atoms with Crippen molar-refractivity contribution in [2.75, 3.05) is 21.9 Å². The molecule has 6 nitrogen and oxygen atoms in total. The Bertz CT molecular complexity index is 1460. The first-order valence-electron chi connectivity index (χ1n) is 10.8. The molecular weight excluding hydrogens is 434 g/mol. The number of anilines is 2. The van der Waals surface area contributed by atoms with E-state index in [4.69, 9.17) is 4.98 Å². The van der Waals surface area contributed by atoms with Gasteiger partial charge in [-0.15, -0.1) is 0 Å². The monoisotopic (exact) mass is 457 g/mol. The standard InChI is InChI=1S/C26H23N3O3S/c1-18-7-11-21(17-23(18)25-14-10-19-5-2-3-6-24(19)28-25)27-26(30)20-8-12-22(13-9-20)29-15-4-16-33(29,31)32/h2-3,5-14,17H,4,15-16H2,1H3,(H,27,30). The number of benzene rings is 3. The summed E-state index contributed by atoms with van der Waals surface area (Å²) in [5, 5.41) is 4.02. The Morgan fingerprint density at radius 2 is 1.76 bits per heavy atom. The number of amides is 1. The van der Waals surface area contributed by atoms with Crippen LogP contribution in [0.2, 0.25) is 0 Å². The van der Waals surface area contributed by atoms with Crippen LogP contribution in [-0.2, 0) is 10.0 Å². The van der Waals surface area contributed by atoms with Crippen LogP contribution in [0.4, 0.5) is 11.4 Å². The number of nitrogens with zero attached hydrogens (tertiary/aromatic N) is 2. The fourth-order valence-electron chi connectivity index (χ4n) is 4.10. The van der Waals surface area contributed by atoms with E-state index in [0.717, 1.165) is 27.7 Å². The van der Waals surface area contributed by atoms with Crippen molar-refractivity contribution in [1.82, 2.24) is 4.98 Å². The highest BCUT2D eigenvalue weighted by molar-refractivity contribution is 7.93. The van der Waals surface area contributed by atoms with Crippen LogP contribution in [0, 0.1) is 6.92 Å². The first kappa shape index (κ1) is 21.2. The van der Waals surface area contributed by atoms with Gasteiger partial charge in [-0.05, 0) is 67.4 Å². The third kappa shape index (κ3) is 4.19. The van der Waals surface area contributed by atoms with Gasteiger partial charge in [0.2, 0.25) is 10.0 Å². The van der Waals surface area contributed by atoms with Gasteiger partial charge in [-0.25, -0.2) is 13.4 Å². The van der Waals surface area contributed by atoms with E-state index in [1.165, 1.54) is 4.31 Å². The number of hydrogen-bond acceptors (Lipinski definition) is 4. The second kappa shape index (κ2) is 8.33. The molecule has 1 amide bonds. The van der Waals surface area contributed by atoms with E-state index in [0.29, 0.717) is 29.9 Å². The number of rotatable bonds is 4. The van der Waals surface area contributed by atoms with Gasteiger partial charge < -0.3 is 5.32 Å². The van der Waals surface area contributed by atoms with Gasteiger partial charge in [-0.2, -0.15) is 0 Å². The number of carbonyl (C=O) groups is 1. The van der Waals surface area contributed by atoms with E-state index in [2.05, 4.69) is 5.32 Å². The van der Waals surface area contributed by atoms with Gasteiger partial charge in [0.05, 0.1) is 22.7 Å². The van der Waals surface area contributed by atoms with Crippen molar-refractivity contribution in [2.45, 2.75) is 13.3 Å². The van der Waals surface area contributed by atoms with E-state index >= 15 is 0 Å². The number of hydrogen-bond donors (Lipinski definition) is 1. The van der Waals surface area contributed by atoms with Crippen LogP contribution in [0.3, 0.4) is 0 Å². The average Bonchev–Trinajstić information content (AvgIpc) is 3.19. The number of aryl methyl sites for hydroxylation is 1. The minimum Gasteiger partial charge on any atom is -0.322 e. The molecule has 0 atom stereocenters. The van der Waals surface area contributed by atoms with Gasteiger partial charge in [-0.3, -0.25) is 9.10 Å². The van der Waals surface area contributed by atoms with Crippen molar-refractivity contribution in [1.29, 1.82) is 0 Å². The van der Waals surface area contributed by atoms with Gasteiger partial charge in [0, 0.05) is 28.7 Å². The summed E-state index contributed by atoms with van der Waals surface area (Å²) < 4.78 is 25.6. The Labute approximate surface area is 192 Å². The zero-order valence-electron chi connectivity index (χ0n) is 18.2. The first-order chi connectivity index (χ1) is 15.9. The van der Waals surface area contributed by atoms with Crippen molar-refractivity contribution in [3.63, 3.8) is 0 Å². The van der Waals surface area contributed by atoms with Gasteiger partial charge in [-0.1, -0.05) is 30.3 Å². The molecule has 0 aliphatic carbocycles. The van der Waals surface area contributed by atoms with Crippen LogP contribution in [0.25, 0.3) is 22.2 Å². The minimum atomic E-state index is -3.24. The fraction of sp³-hybridized carbons (Fsp3) is 0.154. The van der Waals surface area contributed by atoms with Crippen molar-refractivity contribution in [3.8, 4) is 11.3 Å². The van der Waals surface area contributed by atoms with Crippen LogP contribution in [-0.4, -0.2) is 31.6 Å². The molecule has 0 bridgehead atoms. The van der Waals surface area contributed by atoms with E-state index in [1.807, 2.05) is 61.5 Å². The van der Waals surface area contributed by atoms with E-state index in [9.17, 15) is 13.2 Å². The highest BCUT2D eigenvalue weighted by atomic mass is 32.2. The van der Waals surface area contributed by atoms with Gasteiger partial charge in [0.1, 0.15) is 0 Å². The Kier molecular flexibility index (Phi) is 5.34. The average molecular weight is 458 g/mol. The SMILES string of the molecule is Cc1ccc(NC(=O)c2ccc(N3CCCS3(=O)=O)cc2)cc1-c1ccc2ccccc2n1. The molecule has 33 heavy (non-hydrogen) atoms. The summed E-state index contributed by atoms with van der Waals surface area (Å²) in [7, 11) is -3.24. The van der Waals surface area contributed by atoms with Crippen LogP contribution >= 0.6 is 0 Å². The Balaban J connectivity index is 1.37. The van der Waals surface area contributed by atoms with E-state index < -0.39 is 10.0 Å². The molecule has 1 saturated heterocycles. The molecule has 7 heteroatoms. The summed E-state index contributed by atoms with van der Waals surface area (Å²) in [6, 6.07) is 24.4. The zero-order valence-corrected chi connectivity index (χ0v) is 19.0. The molecule has 0 saturated carbocycles. The summed E-state index contributed by atoms with van der Waals surface area (Å²) in [4.78, 5) is 17.6. The molecule has 3 aromatic carbocycles. The Morgan fingerprint density at radius 1 is 0.970 bits per heavy atom. The van der Waals surface area contributed by atoms with Crippen molar-refractivity contribution in [2.24, 2.45) is 0 Å². The zero-order chi connectivity index (χ0) is 23.0. The lowest BCUT2D eigenvalue weighted by molar-refractivity contribution is 0.102. The fourth-order valence-corrected chi connectivity index (χ4v) is 5.67. The first-order valence-corrected chi connectivity index (χ1v) is 12.4. The summed E-state index contributed by atoms with van der Waals surface area (Å²) in [5.41, 5.74) is 5.50. The lowest BCUT2D eigenvalue weighted by Crippen LogP contribution is -2.25. The maximum Gasteiger partial charge on any atom is 0.255 e. The molecular formula is C26H23N3O3S. The van der Waals surface area contributed by atoms with Gasteiger partial charge >= 0.3 is 0 Å². The maximum atomic E-state index is 12.8. The summed E-state index contributed by atoms with van der Waals surface area (Å²) in [6.07, 6.45) is 0.617. The molecule has 1 N–H and O–H groups in total. The number of para-hydroxylation sites is 1. The van der Waals surface area contributed by atoms with Crippen LogP contribution in [0.15, 0.2) is 78.9 Å². The molecule has 5 rings (SSSR count). The third-order valence-electron chi connectivity index (χ3n) is 5.89. The third-order valence-corrected chi connectivity index (χ3v) is 7.76. The topological polar surface area (TPSA) is 79.4 Å². The summed E-state index contributed by atoms with van der Waals surface area (Å²) in [5.74, 6) is -0.0936. The van der Waals surface area contributed by atoms with Crippen LogP contribution in [0.1, 0.15) is 22.3 Å². The molecule has 1 aliphatic rings. The molecule has 0 unspecified atom stereocenters. The van der Waals surface area contributed by atoms with Gasteiger partial charge in [0.15, 0.2) is 0 Å². The number of carbonyl (C=O) groups excluding carboxylic acids is 1. The predicted octanol–water partition coefficient (Wildman–Crippen LogP) is 5.00. The molecule has 1 aromatic heterocycles. The molecule has 1 aliphatic heterocycles. The van der Waals surface area contributed by atoms with Crippen molar-refractivity contribution >= 4 is 38.2 Å². The number of fused-ring (bicyclic) bond motifs is 1. The van der Waals surface area contributed by atoms with Gasteiger partial charge in [0.25, 0.3) is 5.91 Å². The molecule has 2 heterocycles. The number of aromatic nitrogens is 1. The smallest absolute Gasteiger partial charge is 0.255 e. The van der Waals surface area contributed by atoms with E-state index in [1.54, 1.807) is 24.3 Å². The summed E-state index contributed by atoms with van der Waals surface area (Å²) >= 11 is 0. The van der Waals surface area contributed by atoms with Crippen molar-refractivity contribution < 1.29 is 13.2 Å². The molecule has 4 aromatic rings. The quantitative estimate of drug-likeness (QED) is 0.468. The van der Waals surface area contributed by atoms with Crippen LogP contribution in [0.5, 0.6) is 0 Å². The number of pyridine rings is 1. The highest BCUT2D eigenvalue weighted by Gasteiger charge is 2.28. The van der Waals surface area contributed by atoms with Crippen LogP contribution < -0.4 is 9.62 Å². The predicted molar refractivity (Wildman–Crippen MR) is 132 cm³/mol. The largest absolute Gasteiger partial charge is 0.322 e. The lowest BCUT2D eigenvalue weighted by Gasteiger charge is -2.17. The Hall–Kier alpha value is -3.71. The molecule has 0 radical (unpaired) electrons. The van der Waals surface area contributed by atoms with E-state index in [-0.39, 0.29) is 11.7 Å². The molecule has 0 spiro atoms.